The number of aromatic nitrogens is 3. The Morgan fingerprint density at radius 1 is 1.03 bits per heavy atom. The van der Waals surface area contributed by atoms with Gasteiger partial charge < -0.3 is 29.4 Å². The van der Waals surface area contributed by atoms with Crippen LogP contribution >= 0.6 is 24.0 Å². The van der Waals surface area contributed by atoms with Crippen molar-refractivity contribution in [2.45, 2.75) is 33.4 Å². The van der Waals surface area contributed by atoms with Crippen molar-refractivity contribution in [2.75, 3.05) is 34.4 Å². The molecule has 9 nitrogen and oxygen atoms in total. The molecule has 2 rings (SSSR count). The van der Waals surface area contributed by atoms with Crippen molar-refractivity contribution in [1.82, 2.24) is 25.4 Å². The fraction of sp³-hybridized carbons (Fsp3) is 0.526. The Bertz CT molecular complexity index is 781. The van der Waals surface area contributed by atoms with Gasteiger partial charge >= 0.3 is 0 Å². The number of benzene rings is 1. The van der Waals surface area contributed by atoms with E-state index in [9.17, 15) is 0 Å². The fourth-order valence-corrected chi connectivity index (χ4v) is 2.76. The second-order valence-corrected chi connectivity index (χ2v) is 5.94. The second kappa shape index (κ2) is 13.1. The number of nitrogens with zero attached hydrogens (tertiary/aromatic N) is 4. The molecule has 1 aromatic carbocycles. The summed E-state index contributed by atoms with van der Waals surface area (Å²) in [6.45, 7) is 6.77. The van der Waals surface area contributed by atoms with Gasteiger partial charge in [-0.15, -0.1) is 34.2 Å². The van der Waals surface area contributed by atoms with Crippen molar-refractivity contribution in [3.63, 3.8) is 0 Å². The predicted octanol–water partition coefficient (Wildman–Crippen LogP) is 2.24. The van der Waals surface area contributed by atoms with Crippen molar-refractivity contribution < 1.29 is 14.2 Å². The summed E-state index contributed by atoms with van der Waals surface area (Å²) in [5.74, 6) is 3.67. The van der Waals surface area contributed by atoms with Gasteiger partial charge in [-0.1, -0.05) is 6.92 Å². The van der Waals surface area contributed by atoms with E-state index in [0.717, 1.165) is 36.9 Å². The lowest BCUT2D eigenvalue weighted by molar-refractivity contribution is 0.347. The molecule has 0 atom stereocenters. The van der Waals surface area contributed by atoms with Crippen molar-refractivity contribution in [3.8, 4) is 17.2 Å². The zero-order valence-electron chi connectivity index (χ0n) is 17.7. The molecule has 0 aliphatic carbocycles. The smallest absolute Gasteiger partial charge is 0.191 e. The van der Waals surface area contributed by atoms with E-state index in [1.54, 1.807) is 27.7 Å². The summed E-state index contributed by atoms with van der Waals surface area (Å²) in [6, 6.07) is 3.69. The number of rotatable bonds is 10. The third-order valence-corrected chi connectivity index (χ3v) is 4.20. The number of aryl methyl sites for hydroxylation is 1. The zero-order chi connectivity index (χ0) is 20.4. The maximum atomic E-state index is 5.47. The third kappa shape index (κ3) is 6.94. The molecule has 162 valence electrons. The maximum absolute atomic E-state index is 5.47. The first-order valence-electron chi connectivity index (χ1n) is 9.34. The molecular weight excluding hydrogens is 487 g/mol. The minimum Gasteiger partial charge on any atom is -0.496 e. The SMILES string of the molecule is CCNC(=NCc1cc(OC)c(OC)cc1OC)NCCn1cnnc1CC.I. The number of halogens is 1. The minimum absolute atomic E-state index is 0. The van der Waals surface area contributed by atoms with Crippen LogP contribution in [0.15, 0.2) is 23.5 Å². The highest BCUT2D eigenvalue weighted by Crippen LogP contribution is 2.34. The Balaban J connectivity index is 0.00000420. The number of guanidine groups is 1. The molecule has 0 unspecified atom stereocenters. The quantitative estimate of drug-likeness (QED) is 0.283. The molecule has 0 spiro atoms. The molecule has 0 aliphatic heterocycles. The molecule has 0 aliphatic rings. The normalized spacial score (nSPS) is 10.9. The highest BCUT2D eigenvalue weighted by atomic mass is 127. The molecule has 0 amide bonds. The Morgan fingerprint density at radius 2 is 1.72 bits per heavy atom. The molecule has 0 radical (unpaired) electrons. The summed E-state index contributed by atoms with van der Waals surface area (Å²) < 4.78 is 18.2. The molecule has 2 aromatic rings. The van der Waals surface area contributed by atoms with Crippen molar-refractivity contribution in [1.29, 1.82) is 0 Å². The van der Waals surface area contributed by atoms with Crippen molar-refractivity contribution >= 4 is 29.9 Å². The molecule has 1 heterocycles. The lowest BCUT2D eigenvalue weighted by Crippen LogP contribution is -2.38. The zero-order valence-corrected chi connectivity index (χ0v) is 20.0. The van der Waals surface area contributed by atoms with Gasteiger partial charge in [-0.05, 0) is 13.0 Å². The largest absolute Gasteiger partial charge is 0.496 e. The third-order valence-electron chi connectivity index (χ3n) is 4.20. The predicted molar refractivity (Wildman–Crippen MR) is 124 cm³/mol. The van der Waals surface area contributed by atoms with Gasteiger partial charge in [-0.2, -0.15) is 0 Å². The molecule has 10 heteroatoms. The van der Waals surface area contributed by atoms with Crippen LogP contribution < -0.4 is 24.8 Å². The number of methoxy groups -OCH3 is 3. The van der Waals surface area contributed by atoms with Crippen LogP contribution in [-0.2, 0) is 19.5 Å². The molecular formula is C19H31IN6O3. The Morgan fingerprint density at radius 3 is 2.34 bits per heavy atom. The molecule has 0 bridgehead atoms. The lowest BCUT2D eigenvalue weighted by Gasteiger charge is -2.15. The number of hydrogen-bond donors (Lipinski definition) is 2. The van der Waals surface area contributed by atoms with Gasteiger partial charge in [0.05, 0.1) is 27.9 Å². The van der Waals surface area contributed by atoms with Crippen LogP contribution in [0.4, 0.5) is 0 Å². The molecule has 0 saturated carbocycles. The summed E-state index contributed by atoms with van der Waals surface area (Å²) in [5.41, 5.74) is 0.907. The highest BCUT2D eigenvalue weighted by molar-refractivity contribution is 14.0. The van der Waals surface area contributed by atoms with Gasteiger partial charge in [0.15, 0.2) is 17.5 Å². The topological polar surface area (TPSA) is 94.8 Å². The van der Waals surface area contributed by atoms with Crippen molar-refractivity contribution in [3.05, 3.63) is 29.8 Å². The minimum atomic E-state index is 0. The first-order chi connectivity index (χ1) is 13.7. The first-order valence-corrected chi connectivity index (χ1v) is 9.34. The molecule has 29 heavy (non-hydrogen) atoms. The van der Waals surface area contributed by atoms with E-state index < -0.39 is 0 Å². The van der Waals surface area contributed by atoms with Gasteiger partial charge in [0.1, 0.15) is 17.9 Å². The van der Waals surface area contributed by atoms with Crippen LogP contribution in [0.25, 0.3) is 0 Å². The lowest BCUT2D eigenvalue weighted by atomic mass is 10.1. The van der Waals surface area contributed by atoms with Crippen LogP contribution in [0.5, 0.6) is 17.2 Å². The monoisotopic (exact) mass is 518 g/mol. The van der Waals surface area contributed by atoms with Crippen LogP contribution in [-0.4, -0.2) is 55.1 Å². The standard InChI is InChI=1S/C19H30N6O3.HI/c1-6-18-24-23-13-25(18)9-8-21-19(20-7-2)22-12-14-10-16(27-4)17(28-5)11-15(14)26-3;/h10-11,13H,6-9,12H2,1-5H3,(H2,20,21,22);1H. The summed E-state index contributed by atoms with van der Waals surface area (Å²) in [5, 5.41) is 14.6. The Kier molecular flexibility index (Phi) is 11.2. The average Bonchev–Trinajstić information content (AvgIpc) is 3.18. The van der Waals surface area contributed by atoms with E-state index >= 15 is 0 Å². The number of nitrogens with one attached hydrogen (secondary N) is 2. The van der Waals surface area contributed by atoms with Gasteiger partial charge in [-0.3, -0.25) is 0 Å². The van der Waals surface area contributed by atoms with E-state index in [1.807, 2.05) is 23.6 Å². The van der Waals surface area contributed by atoms with Crippen LogP contribution in [0.2, 0.25) is 0 Å². The first kappa shape index (κ1) is 24.8. The average molecular weight is 518 g/mol. The van der Waals surface area contributed by atoms with E-state index in [0.29, 0.717) is 30.3 Å². The van der Waals surface area contributed by atoms with E-state index in [2.05, 4.69) is 32.7 Å². The Labute approximate surface area is 189 Å². The summed E-state index contributed by atoms with van der Waals surface area (Å²) in [7, 11) is 4.84. The van der Waals surface area contributed by atoms with E-state index in [4.69, 9.17) is 14.2 Å². The summed E-state index contributed by atoms with van der Waals surface area (Å²) in [4.78, 5) is 4.66. The van der Waals surface area contributed by atoms with E-state index in [-0.39, 0.29) is 24.0 Å². The number of hydrogen-bond acceptors (Lipinski definition) is 6. The van der Waals surface area contributed by atoms with Gasteiger partial charge in [0.25, 0.3) is 0 Å². The van der Waals surface area contributed by atoms with Crippen LogP contribution in [0.3, 0.4) is 0 Å². The highest BCUT2D eigenvalue weighted by Gasteiger charge is 2.12. The van der Waals surface area contributed by atoms with Gasteiger partial charge in [0, 0.05) is 37.7 Å². The van der Waals surface area contributed by atoms with Gasteiger partial charge in [-0.25, -0.2) is 4.99 Å². The summed E-state index contributed by atoms with van der Waals surface area (Å²) >= 11 is 0. The maximum Gasteiger partial charge on any atom is 0.191 e. The number of aliphatic imine (C=N–C) groups is 1. The van der Waals surface area contributed by atoms with Crippen LogP contribution in [0.1, 0.15) is 25.2 Å². The molecule has 0 fully saturated rings. The van der Waals surface area contributed by atoms with E-state index in [1.165, 1.54) is 0 Å². The summed E-state index contributed by atoms with van der Waals surface area (Å²) in [6.07, 6.45) is 2.60. The Hall–Kier alpha value is -2.24. The van der Waals surface area contributed by atoms with Gasteiger partial charge in [0.2, 0.25) is 0 Å². The molecule has 0 saturated heterocycles. The molecule has 1 aromatic heterocycles. The second-order valence-electron chi connectivity index (χ2n) is 5.94. The molecule has 2 N–H and O–H groups in total. The number of ether oxygens (including phenoxy) is 3. The van der Waals surface area contributed by atoms with Crippen LogP contribution in [0, 0.1) is 0 Å². The van der Waals surface area contributed by atoms with Crippen molar-refractivity contribution in [2.24, 2.45) is 4.99 Å². The fourth-order valence-electron chi connectivity index (χ4n) is 2.76.